The summed E-state index contributed by atoms with van der Waals surface area (Å²) in [4.78, 5) is 8.18. The van der Waals surface area contributed by atoms with Crippen molar-refractivity contribution in [1.29, 1.82) is 0 Å². The van der Waals surface area contributed by atoms with Crippen LogP contribution in [-0.4, -0.2) is 9.97 Å². The highest BCUT2D eigenvalue weighted by atomic mass is 14.8. The van der Waals surface area contributed by atoms with Crippen LogP contribution in [0.4, 0.5) is 0 Å². The molecule has 78 valence electrons. The Kier molecular flexibility index (Phi) is 2.98. The van der Waals surface area contributed by atoms with Gasteiger partial charge in [-0.15, -0.1) is 0 Å². The maximum absolute atomic E-state index is 4.09. The zero-order chi connectivity index (χ0) is 11.4. The van der Waals surface area contributed by atoms with E-state index in [0.717, 1.165) is 17.0 Å². The molecule has 2 heteroatoms. The van der Waals surface area contributed by atoms with E-state index in [1.165, 1.54) is 5.56 Å². The smallest absolute Gasteiger partial charge is 0.125 e. The summed E-state index contributed by atoms with van der Waals surface area (Å²) in [6.45, 7) is 3.92. The summed E-state index contributed by atoms with van der Waals surface area (Å²) >= 11 is 0. The molecule has 0 aliphatic carbocycles. The maximum atomic E-state index is 4.09. The molecule has 0 unspecified atom stereocenters. The predicted molar refractivity (Wildman–Crippen MR) is 63.9 cm³/mol. The van der Waals surface area contributed by atoms with E-state index in [1.54, 1.807) is 12.4 Å². The van der Waals surface area contributed by atoms with Crippen LogP contribution in [-0.2, 0) is 0 Å². The number of nitrogens with zero attached hydrogens (tertiary/aromatic N) is 2. The van der Waals surface area contributed by atoms with Crippen molar-refractivity contribution in [3.63, 3.8) is 0 Å². The summed E-state index contributed by atoms with van der Waals surface area (Å²) in [7, 11) is 0. The van der Waals surface area contributed by atoms with Gasteiger partial charge in [-0.1, -0.05) is 29.5 Å². The summed E-state index contributed by atoms with van der Waals surface area (Å²) in [6, 6.07) is 8.13. The Morgan fingerprint density at radius 2 is 1.38 bits per heavy atom. The molecular formula is C14H12N2. The molecular weight excluding hydrogens is 196 g/mol. The maximum Gasteiger partial charge on any atom is 0.125 e. The number of aryl methyl sites for hydroxylation is 2. The fraction of sp³-hybridized carbons (Fsp3) is 0.143. The third-order valence-corrected chi connectivity index (χ3v) is 2.18. The second-order valence-electron chi connectivity index (χ2n) is 3.63. The molecule has 0 fully saturated rings. The molecule has 0 N–H and O–H groups in total. The summed E-state index contributed by atoms with van der Waals surface area (Å²) in [5, 5.41) is 0. The topological polar surface area (TPSA) is 25.8 Å². The molecule has 0 saturated heterocycles. The molecule has 1 aromatic carbocycles. The Labute approximate surface area is 95.4 Å². The molecule has 0 saturated carbocycles. The van der Waals surface area contributed by atoms with Crippen LogP contribution in [0.15, 0.2) is 36.7 Å². The standard InChI is InChI=1S/C14H12N2/c1-11-3-5-13(6-4-11)7-8-14-9-15-12(2)16-10-14/h3-6,9-10H,1-2H3. The van der Waals surface area contributed by atoms with Gasteiger partial charge in [0.1, 0.15) is 5.82 Å². The molecule has 1 aromatic heterocycles. The molecule has 0 amide bonds. The monoisotopic (exact) mass is 208 g/mol. The van der Waals surface area contributed by atoms with Crippen molar-refractivity contribution in [2.45, 2.75) is 13.8 Å². The van der Waals surface area contributed by atoms with Gasteiger partial charge in [0.25, 0.3) is 0 Å². The van der Waals surface area contributed by atoms with Crippen LogP contribution in [0.3, 0.4) is 0 Å². The number of benzene rings is 1. The van der Waals surface area contributed by atoms with E-state index in [2.05, 4.69) is 40.9 Å². The van der Waals surface area contributed by atoms with Gasteiger partial charge < -0.3 is 0 Å². The molecule has 0 aliphatic heterocycles. The summed E-state index contributed by atoms with van der Waals surface area (Å²) in [6.07, 6.45) is 3.48. The minimum atomic E-state index is 0.765. The highest BCUT2D eigenvalue weighted by Gasteiger charge is 1.89. The average molecular weight is 208 g/mol. The molecule has 16 heavy (non-hydrogen) atoms. The van der Waals surface area contributed by atoms with Crippen LogP contribution in [0, 0.1) is 25.7 Å². The third kappa shape index (κ3) is 2.68. The van der Waals surface area contributed by atoms with Gasteiger partial charge in [-0.05, 0) is 26.0 Å². The van der Waals surface area contributed by atoms with E-state index in [9.17, 15) is 0 Å². The zero-order valence-electron chi connectivity index (χ0n) is 9.36. The van der Waals surface area contributed by atoms with Crippen molar-refractivity contribution in [2.75, 3.05) is 0 Å². The fourth-order valence-electron chi connectivity index (χ4n) is 1.24. The van der Waals surface area contributed by atoms with Crippen LogP contribution < -0.4 is 0 Å². The van der Waals surface area contributed by atoms with Gasteiger partial charge in [0, 0.05) is 18.0 Å². The molecule has 0 aliphatic rings. The van der Waals surface area contributed by atoms with Crippen molar-refractivity contribution in [3.8, 4) is 11.8 Å². The summed E-state index contributed by atoms with van der Waals surface area (Å²) in [5.74, 6) is 6.87. The van der Waals surface area contributed by atoms with E-state index >= 15 is 0 Å². The first-order valence-electron chi connectivity index (χ1n) is 5.11. The highest BCUT2D eigenvalue weighted by molar-refractivity contribution is 5.41. The zero-order valence-corrected chi connectivity index (χ0v) is 9.36. The van der Waals surface area contributed by atoms with E-state index in [0.29, 0.717) is 0 Å². The van der Waals surface area contributed by atoms with Gasteiger partial charge in [0.15, 0.2) is 0 Å². The van der Waals surface area contributed by atoms with Crippen molar-refractivity contribution in [1.82, 2.24) is 9.97 Å². The SMILES string of the molecule is Cc1ccc(C#Cc2cnc(C)nc2)cc1. The molecule has 2 rings (SSSR count). The summed E-state index contributed by atoms with van der Waals surface area (Å²) < 4.78 is 0. The van der Waals surface area contributed by atoms with Crippen LogP contribution in [0.25, 0.3) is 0 Å². The number of hydrogen-bond acceptors (Lipinski definition) is 2. The van der Waals surface area contributed by atoms with E-state index in [4.69, 9.17) is 0 Å². The molecule has 0 radical (unpaired) electrons. The molecule has 0 bridgehead atoms. The largest absolute Gasteiger partial charge is 0.240 e. The first-order valence-corrected chi connectivity index (χ1v) is 5.11. The van der Waals surface area contributed by atoms with E-state index in [-0.39, 0.29) is 0 Å². The van der Waals surface area contributed by atoms with Crippen LogP contribution in [0.5, 0.6) is 0 Å². The molecule has 0 atom stereocenters. The second-order valence-corrected chi connectivity index (χ2v) is 3.63. The average Bonchev–Trinajstić information content (AvgIpc) is 2.30. The lowest BCUT2D eigenvalue weighted by molar-refractivity contribution is 1.05. The first-order chi connectivity index (χ1) is 7.74. The number of rotatable bonds is 0. The molecule has 2 nitrogen and oxygen atoms in total. The van der Waals surface area contributed by atoms with Crippen LogP contribution in [0.2, 0.25) is 0 Å². The summed E-state index contributed by atoms with van der Waals surface area (Å²) in [5.41, 5.74) is 3.08. The Morgan fingerprint density at radius 1 is 0.812 bits per heavy atom. The Bertz CT molecular complexity index is 478. The normalized spacial score (nSPS) is 9.38. The van der Waals surface area contributed by atoms with E-state index < -0.39 is 0 Å². The minimum absolute atomic E-state index is 0.765. The van der Waals surface area contributed by atoms with Crippen molar-refractivity contribution < 1.29 is 0 Å². The lowest BCUT2D eigenvalue weighted by Gasteiger charge is -1.92. The number of hydrogen-bond donors (Lipinski definition) is 0. The van der Waals surface area contributed by atoms with Crippen molar-refractivity contribution >= 4 is 0 Å². The van der Waals surface area contributed by atoms with Crippen LogP contribution in [0.1, 0.15) is 22.5 Å². The van der Waals surface area contributed by atoms with Gasteiger partial charge in [-0.2, -0.15) is 0 Å². The fourth-order valence-corrected chi connectivity index (χ4v) is 1.24. The lowest BCUT2D eigenvalue weighted by Crippen LogP contribution is -1.87. The Hall–Kier alpha value is -2.14. The van der Waals surface area contributed by atoms with Crippen molar-refractivity contribution in [3.05, 3.63) is 59.2 Å². The Balaban J connectivity index is 2.21. The van der Waals surface area contributed by atoms with Gasteiger partial charge in [0.05, 0.1) is 5.56 Å². The molecule has 1 heterocycles. The lowest BCUT2D eigenvalue weighted by atomic mass is 10.1. The third-order valence-electron chi connectivity index (χ3n) is 2.18. The van der Waals surface area contributed by atoms with Gasteiger partial charge in [-0.25, -0.2) is 9.97 Å². The first kappa shape index (κ1) is 10.4. The quantitative estimate of drug-likeness (QED) is 0.622. The molecule has 2 aromatic rings. The predicted octanol–water partition coefficient (Wildman–Crippen LogP) is 2.49. The Morgan fingerprint density at radius 3 is 2.00 bits per heavy atom. The highest BCUT2D eigenvalue weighted by Crippen LogP contribution is 2.01. The molecule has 0 spiro atoms. The van der Waals surface area contributed by atoms with Crippen molar-refractivity contribution in [2.24, 2.45) is 0 Å². The van der Waals surface area contributed by atoms with E-state index in [1.807, 2.05) is 19.1 Å². The second kappa shape index (κ2) is 4.59. The van der Waals surface area contributed by atoms with Gasteiger partial charge in [-0.3, -0.25) is 0 Å². The minimum Gasteiger partial charge on any atom is -0.240 e. The number of aromatic nitrogens is 2. The van der Waals surface area contributed by atoms with Gasteiger partial charge >= 0.3 is 0 Å². The van der Waals surface area contributed by atoms with Crippen LogP contribution >= 0.6 is 0 Å². The van der Waals surface area contributed by atoms with Gasteiger partial charge in [0.2, 0.25) is 0 Å².